The fourth-order valence-electron chi connectivity index (χ4n) is 3.26. The lowest BCUT2D eigenvalue weighted by Crippen LogP contribution is -1.96. The second-order valence-electron chi connectivity index (χ2n) is 6.04. The van der Waals surface area contributed by atoms with E-state index < -0.39 is 0 Å². The Kier molecular flexibility index (Phi) is 4.32. The average Bonchev–Trinajstić information content (AvgIpc) is 2.68. The summed E-state index contributed by atoms with van der Waals surface area (Å²) in [6.07, 6.45) is 9.08. The number of hydrogen-bond donors (Lipinski definition) is 1. The van der Waals surface area contributed by atoms with Crippen LogP contribution in [-0.2, 0) is 0 Å². The van der Waals surface area contributed by atoms with Crippen molar-refractivity contribution in [1.29, 1.82) is 0 Å². The molecule has 0 radical (unpaired) electrons. The molecular weight excluding hydrogens is 314 g/mol. The van der Waals surface area contributed by atoms with Gasteiger partial charge in [-0.25, -0.2) is 4.98 Å². The van der Waals surface area contributed by atoms with Gasteiger partial charge in [0, 0.05) is 22.2 Å². The van der Waals surface area contributed by atoms with Gasteiger partial charge in [-0.15, -0.1) is 0 Å². The SMILES string of the molecule is NSc1cccc(-c2ccc3nccc(C4=CCCCC4)c3n2)c1. The van der Waals surface area contributed by atoms with Crippen LogP contribution >= 0.6 is 11.9 Å². The molecule has 0 aliphatic heterocycles. The molecule has 2 heterocycles. The molecule has 0 saturated heterocycles. The lowest BCUT2D eigenvalue weighted by atomic mass is 9.93. The highest BCUT2D eigenvalue weighted by molar-refractivity contribution is 7.97. The Morgan fingerprint density at radius 1 is 1.04 bits per heavy atom. The molecule has 120 valence electrons. The highest BCUT2D eigenvalue weighted by Crippen LogP contribution is 2.31. The molecule has 2 aromatic heterocycles. The Morgan fingerprint density at radius 3 is 2.83 bits per heavy atom. The summed E-state index contributed by atoms with van der Waals surface area (Å²) in [4.78, 5) is 10.5. The van der Waals surface area contributed by atoms with E-state index in [4.69, 9.17) is 10.1 Å². The van der Waals surface area contributed by atoms with Gasteiger partial charge in [-0.1, -0.05) is 18.2 Å². The summed E-state index contributed by atoms with van der Waals surface area (Å²) >= 11 is 1.26. The van der Waals surface area contributed by atoms with E-state index in [0.717, 1.165) is 40.0 Å². The van der Waals surface area contributed by atoms with Gasteiger partial charge in [0.05, 0.1) is 16.7 Å². The normalized spacial score (nSPS) is 14.6. The minimum absolute atomic E-state index is 0.951. The molecule has 3 nitrogen and oxygen atoms in total. The predicted molar refractivity (Wildman–Crippen MR) is 101 cm³/mol. The molecule has 0 unspecified atom stereocenters. The van der Waals surface area contributed by atoms with E-state index >= 15 is 0 Å². The molecule has 1 aromatic carbocycles. The number of benzene rings is 1. The third-order valence-corrected chi connectivity index (χ3v) is 5.01. The van der Waals surface area contributed by atoms with Gasteiger partial charge in [0.25, 0.3) is 0 Å². The molecule has 0 bridgehead atoms. The van der Waals surface area contributed by atoms with Gasteiger partial charge in [0.1, 0.15) is 0 Å². The first-order chi connectivity index (χ1) is 11.8. The molecule has 4 rings (SSSR count). The van der Waals surface area contributed by atoms with E-state index in [-0.39, 0.29) is 0 Å². The number of rotatable bonds is 3. The van der Waals surface area contributed by atoms with Crippen molar-refractivity contribution in [2.75, 3.05) is 0 Å². The van der Waals surface area contributed by atoms with Gasteiger partial charge >= 0.3 is 0 Å². The van der Waals surface area contributed by atoms with Gasteiger partial charge in [-0.3, -0.25) is 10.1 Å². The van der Waals surface area contributed by atoms with E-state index in [1.165, 1.54) is 35.9 Å². The molecule has 1 aliphatic carbocycles. The lowest BCUT2D eigenvalue weighted by molar-refractivity contribution is 0.742. The Hall–Kier alpha value is -2.17. The minimum Gasteiger partial charge on any atom is -0.274 e. The van der Waals surface area contributed by atoms with Crippen LogP contribution < -0.4 is 5.14 Å². The van der Waals surface area contributed by atoms with Crippen LogP contribution in [0.15, 0.2) is 59.6 Å². The number of nitrogens with two attached hydrogens (primary N) is 1. The van der Waals surface area contributed by atoms with Crippen LogP contribution in [0.25, 0.3) is 27.9 Å². The summed E-state index contributed by atoms with van der Waals surface area (Å²) in [6.45, 7) is 0. The van der Waals surface area contributed by atoms with Crippen molar-refractivity contribution in [2.45, 2.75) is 30.6 Å². The van der Waals surface area contributed by atoms with Crippen LogP contribution in [-0.4, -0.2) is 9.97 Å². The van der Waals surface area contributed by atoms with Crippen molar-refractivity contribution in [2.24, 2.45) is 5.14 Å². The quantitative estimate of drug-likeness (QED) is 0.668. The smallest absolute Gasteiger partial charge is 0.0969 e. The zero-order valence-corrected chi connectivity index (χ0v) is 14.2. The zero-order valence-electron chi connectivity index (χ0n) is 13.4. The highest BCUT2D eigenvalue weighted by Gasteiger charge is 2.12. The van der Waals surface area contributed by atoms with E-state index in [9.17, 15) is 0 Å². The zero-order chi connectivity index (χ0) is 16.4. The summed E-state index contributed by atoms with van der Waals surface area (Å²) in [5.41, 5.74) is 6.63. The molecule has 0 spiro atoms. The van der Waals surface area contributed by atoms with Crippen LogP contribution in [0.3, 0.4) is 0 Å². The van der Waals surface area contributed by atoms with Crippen LogP contribution in [0.4, 0.5) is 0 Å². The van der Waals surface area contributed by atoms with Crippen LogP contribution in [0.2, 0.25) is 0 Å². The van der Waals surface area contributed by atoms with Crippen molar-refractivity contribution in [1.82, 2.24) is 9.97 Å². The second-order valence-corrected chi connectivity index (χ2v) is 6.75. The Labute approximate surface area is 146 Å². The number of fused-ring (bicyclic) bond motifs is 1. The summed E-state index contributed by atoms with van der Waals surface area (Å²) < 4.78 is 0. The Bertz CT molecular complexity index is 918. The van der Waals surface area contributed by atoms with Crippen molar-refractivity contribution in [3.8, 4) is 11.3 Å². The third-order valence-electron chi connectivity index (χ3n) is 4.49. The average molecular weight is 333 g/mol. The molecule has 2 N–H and O–H groups in total. The summed E-state index contributed by atoms with van der Waals surface area (Å²) in [5.74, 6) is 0. The Morgan fingerprint density at radius 2 is 2.00 bits per heavy atom. The van der Waals surface area contributed by atoms with Gasteiger partial charge in [-0.2, -0.15) is 0 Å². The van der Waals surface area contributed by atoms with Gasteiger partial charge < -0.3 is 0 Å². The first-order valence-corrected chi connectivity index (χ1v) is 9.15. The summed E-state index contributed by atoms with van der Waals surface area (Å²) in [5, 5.41) is 5.69. The van der Waals surface area contributed by atoms with Crippen molar-refractivity contribution in [3.63, 3.8) is 0 Å². The monoisotopic (exact) mass is 333 g/mol. The minimum atomic E-state index is 0.951. The predicted octanol–water partition coefficient (Wildman–Crippen LogP) is 5.22. The standard InChI is InChI=1S/C20H19N3S/c21-24-16-8-4-7-15(13-16)18-9-10-19-20(23-18)17(11-12-22-19)14-5-2-1-3-6-14/h4-5,7-13H,1-3,6,21H2. The molecule has 1 aliphatic rings. The number of aromatic nitrogens is 2. The molecule has 3 aromatic rings. The Balaban J connectivity index is 1.86. The molecule has 0 saturated carbocycles. The van der Waals surface area contributed by atoms with Crippen LogP contribution in [0.5, 0.6) is 0 Å². The molecule has 0 atom stereocenters. The largest absolute Gasteiger partial charge is 0.274 e. The summed E-state index contributed by atoms with van der Waals surface area (Å²) in [6, 6.07) is 14.4. The third kappa shape index (κ3) is 2.95. The molecular formula is C20H19N3S. The fourth-order valence-corrected chi connectivity index (χ4v) is 3.61. The van der Waals surface area contributed by atoms with E-state index in [1.807, 2.05) is 24.4 Å². The number of hydrogen-bond acceptors (Lipinski definition) is 4. The van der Waals surface area contributed by atoms with E-state index in [1.54, 1.807) is 0 Å². The van der Waals surface area contributed by atoms with Crippen LogP contribution in [0, 0.1) is 0 Å². The van der Waals surface area contributed by atoms with Crippen LogP contribution in [0.1, 0.15) is 31.2 Å². The fraction of sp³-hybridized carbons (Fsp3) is 0.200. The maximum absolute atomic E-state index is 5.69. The first kappa shape index (κ1) is 15.4. The molecule has 24 heavy (non-hydrogen) atoms. The molecule has 0 fully saturated rings. The number of pyridine rings is 2. The maximum atomic E-state index is 5.69. The maximum Gasteiger partial charge on any atom is 0.0969 e. The van der Waals surface area contributed by atoms with Crippen molar-refractivity contribution >= 4 is 28.6 Å². The first-order valence-electron chi connectivity index (χ1n) is 8.27. The van der Waals surface area contributed by atoms with Gasteiger partial charge in [0.2, 0.25) is 0 Å². The van der Waals surface area contributed by atoms with E-state index in [2.05, 4.69) is 35.3 Å². The van der Waals surface area contributed by atoms with E-state index in [0.29, 0.717) is 0 Å². The highest BCUT2D eigenvalue weighted by atomic mass is 32.2. The lowest BCUT2D eigenvalue weighted by Gasteiger charge is -2.14. The summed E-state index contributed by atoms with van der Waals surface area (Å²) in [7, 11) is 0. The van der Waals surface area contributed by atoms with Gasteiger partial charge in [0.15, 0.2) is 0 Å². The second kappa shape index (κ2) is 6.75. The van der Waals surface area contributed by atoms with Gasteiger partial charge in [-0.05, 0) is 73.5 Å². The topological polar surface area (TPSA) is 51.8 Å². The number of allylic oxidation sites excluding steroid dienone is 2. The number of nitrogens with zero attached hydrogens (tertiary/aromatic N) is 2. The molecule has 0 amide bonds. The molecule has 4 heteroatoms. The van der Waals surface area contributed by atoms with Crippen molar-refractivity contribution < 1.29 is 0 Å². The van der Waals surface area contributed by atoms with Crippen molar-refractivity contribution in [3.05, 3.63) is 60.3 Å².